The fourth-order valence-corrected chi connectivity index (χ4v) is 3.01. The van der Waals surface area contributed by atoms with Crippen molar-refractivity contribution < 1.29 is 14.6 Å². The molecule has 0 unspecified atom stereocenters. The van der Waals surface area contributed by atoms with Crippen molar-refractivity contribution in [3.05, 3.63) is 56.7 Å². The van der Waals surface area contributed by atoms with Crippen molar-refractivity contribution in [3.63, 3.8) is 0 Å². The van der Waals surface area contributed by atoms with E-state index in [1.807, 2.05) is 0 Å². The Balaban J connectivity index is 2.24. The number of methoxy groups -OCH3 is 1. The normalized spacial score (nSPS) is 12.3. The first-order chi connectivity index (χ1) is 11.9. The Morgan fingerprint density at radius 1 is 1.40 bits per heavy atom. The molecule has 8 nitrogen and oxygen atoms in total. The number of rotatable bonds is 4. The van der Waals surface area contributed by atoms with Crippen LogP contribution < -0.4 is 5.56 Å². The van der Waals surface area contributed by atoms with Crippen molar-refractivity contribution in [2.24, 2.45) is 7.05 Å². The monoisotopic (exact) mass is 406 g/mol. The average molecular weight is 407 g/mol. The van der Waals surface area contributed by atoms with E-state index in [0.717, 1.165) is 0 Å². The van der Waals surface area contributed by atoms with E-state index in [2.05, 4.69) is 26.0 Å². The van der Waals surface area contributed by atoms with Gasteiger partial charge in [0, 0.05) is 29.8 Å². The van der Waals surface area contributed by atoms with Crippen LogP contribution in [0, 0.1) is 0 Å². The van der Waals surface area contributed by atoms with Crippen LogP contribution in [0.25, 0.3) is 5.65 Å². The Hall–Kier alpha value is -2.68. The van der Waals surface area contributed by atoms with Gasteiger partial charge in [0.1, 0.15) is 5.65 Å². The van der Waals surface area contributed by atoms with Crippen LogP contribution in [0.1, 0.15) is 23.5 Å². The number of hydrogen-bond acceptors (Lipinski definition) is 6. The number of carbonyl (C=O) groups is 1. The predicted octanol–water partition coefficient (Wildman–Crippen LogP) is 1.59. The summed E-state index contributed by atoms with van der Waals surface area (Å²) in [6.45, 7) is 0. The molecule has 0 aliphatic rings. The van der Waals surface area contributed by atoms with Gasteiger partial charge in [-0.05, 0) is 33.6 Å². The third-order valence-electron chi connectivity index (χ3n) is 3.88. The Morgan fingerprint density at radius 3 is 2.80 bits per heavy atom. The summed E-state index contributed by atoms with van der Waals surface area (Å²) in [4.78, 5) is 28.9. The van der Waals surface area contributed by atoms with E-state index in [1.165, 1.54) is 11.5 Å². The number of carbonyl (C=O) groups excluding carboxylic acids is 1. The van der Waals surface area contributed by atoms with E-state index >= 15 is 0 Å². The van der Waals surface area contributed by atoms with Crippen molar-refractivity contribution >= 4 is 27.5 Å². The minimum absolute atomic E-state index is 0.0222. The van der Waals surface area contributed by atoms with Crippen LogP contribution in [0.2, 0.25) is 0 Å². The molecule has 0 spiro atoms. The van der Waals surface area contributed by atoms with Crippen LogP contribution in [-0.4, -0.2) is 37.4 Å². The molecular formula is C16H15BrN4O4. The Bertz CT molecular complexity index is 1010. The molecule has 0 saturated heterocycles. The molecule has 3 rings (SSSR count). The molecule has 0 saturated carbocycles. The molecular weight excluding hydrogens is 392 g/mol. The lowest BCUT2D eigenvalue weighted by molar-refractivity contribution is -0.140. The zero-order valence-corrected chi connectivity index (χ0v) is 15.1. The summed E-state index contributed by atoms with van der Waals surface area (Å²) in [5.41, 5.74) is 0.477. The number of halogens is 1. The SMILES string of the molecule is COC(=O)C[C@H](c1cnn(C)c1)c1c(O)nc2ccc(Br)cn2c1=O. The van der Waals surface area contributed by atoms with E-state index in [4.69, 9.17) is 4.74 Å². The lowest BCUT2D eigenvalue weighted by Crippen LogP contribution is -2.24. The maximum absolute atomic E-state index is 13.0. The summed E-state index contributed by atoms with van der Waals surface area (Å²) in [5, 5.41) is 14.4. The molecule has 0 aliphatic carbocycles. The van der Waals surface area contributed by atoms with Crippen molar-refractivity contribution in [3.8, 4) is 5.88 Å². The zero-order valence-electron chi connectivity index (χ0n) is 13.5. The van der Waals surface area contributed by atoms with Gasteiger partial charge < -0.3 is 9.84 Å². The van der Waals surface area contributed by atoms with Gasteiger partial charge in [0.2, 0.25) is 5.88 Å². The summed E-state index contributed by atoms with van der Waals surface area (Å²) in [6, 6.07) is 3.32. The average Bonchev–Trinajstić information content (AvgIpc) is 3.00. The van der Waals surface area contributed by atoms with Crippen LogP contribution in [-0.2, 0) is 16.6 Å². The third-order valence-corrected chi connectivity index (χ3v) is 4.34. The number of fused-ring (bicyclic) bond motifs is 1. The van der Waals surface area contributed by atoms with Crippen molar-refractivity contribution in [1.29, 1.82) is 0 Å². The second kappa shape index (κ2) is 6.67. The lowest BCUT2D eigenvalue weighted by atomic mass is 9.91. The van der Waals surface area contributed by atoms with Crippen LogP contribution >= 0.6 is 15.9 Å². The second-order valence-corrected chi connectivity index (χ2v) is 6.43. The molecule has 3 aromatic heterocycles. The maximum atomic E-state index is 13.0. The second-order valence-electron chi connectivity index (χ2n) is 5.51. The first kappa shape index (κ1) is 17.2. The Labute approximate surface area is 150 Å². The number of aromatic hydroxyl groups is 1. The van der Waals surface area contributed by atoms with Gasteiger partial charge in [-0.15, -0.1) is 0 Å². The third kappa shape index (κ3) is 3.27. The molecule has 3 heterocycles. The molecule has 0 aromatic carbocycles. The van der Waals surface area contributed by atoms with Crippen LogP contribution in [0.3, 0.4) is 0 Å². The number of esters is 1. The molecule has 0 fully saturated rings. The predicted molar refractivity (Wildman–Crippen MR) is 92.5 cm³/mol. The molecule has 3 aromatic rings. The highest BCUT2D eigenvalue weighted by Gasteiger charge is 2.27. The molecule has 9 heteroatoms. The minimum atomic E-state index is -0.725. The smallest absolute Gasteiger partial charge is 0.306 e. The van der Waals surface area contributed by atoms with E-state index in [1.54, 1.807) is 42.5 Å². The molecule has 25 heavy (non-hydrogen) atoms. The fourth-order valence-electron chi connectivity index (χ4n) is 2.68. The quantitative estimate of drug-likeness (QED) is 0.660. The molecule has 0 aliphatic heterocycles. The van der Waals surface area contributed by atoms with E-state index in [9.17, 15) is 14.7 Å². The molecule has 130 valence electrons. The standard InChI is InChI=1S/C16H15BrN4O4/c1-20-7-9(6-18-20)11(5-13(22)25-2)14-15(23)19-12-4-3-10(17)8-21(12)16(14)24/h3-4,6-8,11,23H,5H2,1-2H3/t11-/m1/s1. The van der Waals surface area contributed by atoms with E-state index in [-0.39, 0.29) is 12.0 Å². The maximum Gasteiger partial charge on any atom is 0.306 e. The van der Waals surface area contributed by atoms with Crippen LogP contribution in [0.4, 0.5) is 0 Å². The number of nitrogens with zero attached hydrogens (tertiary/aromatic N) is 4. The van der Waals surface area contributed by atoms with Crippen LogP contribution in [0.5, 0.6) is 5.88 Å². The summed E-state index contributed by atoms with van der Waals surface area (Å²) in [6.07, 6.45) is 4.67. The van der Waals surface area contributed by atoms with E-state index in [0.29, 0.717) is 15.7 Å². The number of ether oxygens (including phenoxy) is 1. The van der Waals surface area contributed by atoms with Gasteiger partial charge in [-0.1, -0.05) is 0 Å². The molecule has 0 radical (unpaired) electrons. The topological polar surface area (TPSA) is 98.7 Å². The highest BCUT2D eigenvalue weighted by Crippen LogP contribution is 2.31. The summed E-state index contributed by atoms with van der Waals surface area (Å²) in [5.74, 6) is -1.64. The van der Waals surface area contributed by atoms with Gasteiger partial charge in [-0.3, -0.25) is 18.7 Å². The van der Waals surface area contributed by atoms with Crippen molar-refractivity contribution in [1.82, 2.24) is 19.2 Å². The Morgan fingerprint density at radius 2 is 2.16 bits per heavy atom. The van der Waals surface area contributed by atoms with Gasteiger partial charge >= 0.3 is 5.97 Å². The number of pyridine rings is 1. The highest BCUT2D eigenvalue weighted by atomic mass is 79.9. The van der Waals surface area contributed by atoms with Gasteiger partial charge in [0.15, 0.2) is 0 Å². The first-order valence-corrected chi connectivity index (χ1v) is 8.16. The number of aryl methyl sites for hydroxylation is 1. The van der Waals surface area contributed by atoms with Gasteiger partial charge in [-0.2, -0.15) is 10.1 Å². The number of hydrogen-bond donors (Lipinski definition) is 1. The zero-order chi connectivity index (χ0) is 18.1. The number of aromatic nitrogens is 4. The molecule has 1 atom stereocenters. The van der Waals surface area contributed by atoms with Gasteiger partial charge in [-0.25, -0.2) is 0 Å². The van der Waals surface area contributed by atoms with E-state index < -0.39 is 23.3 Å². The van der Waals surface area contributed by atoms with Gasteiger partial charge in [0.05, 0.1) is 25.3 Å². The molecule has 0 bridgehead atoms. The van der Waals surface area contributed by atoms with Crippen molar-refractivity contribution in [2.45, 2.75) is 12.3 Å². The lowest BCUT2D eigenvalue weighted by Gasteiger charge is -2.16. The molecule has 1 N–H and O–H groups in total. The highest BCUT2D eigenvalue weighted by molar-refractivity contribution is 9.10. The fraction of sp³-hybridized carbons (Fsp3) is 0.250. The summed E-state index contributed by atoms with van der Waals surface area (Å²) < 4.78 is 8.29. The van der Waals surface area contributed by atoms with Crippen molar-refractivity contribution in [2.75, 3.05) is 7.11 Å². The Kier molecular flexibility index (Phi) is 4.58. The van der Waals surface area contributed by atoms with Gasteiger partial charge in [0.25, 0.3) is 5.56 Å². The summed E-state index contributed by atoms with van der Waals surface area (Å²) >= 11 is 3.31. The van der Waals surface area contributed by atoms with Crippen LogP contribution in [0.15, 0.2) is 40.0 Å². The summed E-state index contributed by atoms with van der Waals surface area (Å²) in [7, 11) is 2.99. The molecule has 0 amide bonds. The minimum Gasteiger partial charge on any atom is -0.493 e. The largest absolute Gasteiger partial charge is 0.493 e. The first-order valence-electron chi connectivity index (χ1n) is 7.37.